The third kappa shape index (κ3) is 5.06. The molecule has 92 valence electrons. The van der Waals surface area contributed by atoms with E-state index in [9.17, 15) is 0 Å². The minimum atomic E-state index is 0.475. The summed E-state index contributed by atoms with van der Waals surface area (Å²) >= 11 is 0. The van der Waals surface area contributed by atoms with Gasteiger partial charge in [-0.15, -0.1) is 12.3 Å². The fourth-order valence-electron chi connectivity index (χ4n) is 1.96. The Morgan fingerprint density at radius 3 is 2.59 bits per heavy atom. The van der Waals surface area contributed by atoms with E-state index in [1.165, 1.54) is 5.56 Å². The predicted molar refractivity (Wildman–Crippen MR) is 75.0 cm³/mol. The first-order chi connectivity index (χ1) is 8.27. The quantitative estimate of drug-likeness (QED) is 0.705. The summed E-state index contributed by atoms with van der Waals surface area (Å²) in [7, 11) is 0. The zero-order chi connectivity index (χ0) is 12.5. The molecule has 0 saturated heterocycles. The molecule has 0 amide bonds. The molecule has 1 N–H and O–H groups in total. The van der Waals surface area contributed by atoms with E-state index < -0.39 is 0 Å². The van der Waals surface area contributed by atoms with Crippen LogP contribution in [0.5, 0.6) is 0 Å². The molecule has 0 heterocycles. The lowest BCUT2D eigenvalue weighted by atomic mass is 9.98. The highest BCUT2D eigenvalue weighted by Gasteiger charge is 2.07. The maximum absolute atomic E-state index is 5.34. The molecule has 1 nitrogen and oxygen atoms in total. The van der Waals surface area contributed by atoms with E-state index in [1.54, 1.807) is 0 Å². The second kappa shape index (κ2) is 7.92. The molecule has 0 aliphatic heterocycles. The molecular formula is C16H23N. The van der Waals surface area contributed by atoms with E-state index in [0.717, 1.165) is 25.8 Å². The van der Waals surface area contributed by atoms with E-state index >= 15 is 0 Å². The van der Waals surface area contributed by atoms with Crippen molar-refractivity contribution in [1.82, 2.24) is 5.32 Å². The van der Waals surface area contributed by atoms with E-state index in [4.69, 9.17) is 6.42 Å². The Kier molecular flexibility index (Phi) is 6.43. The summed E-state index contributed by atoms with van der Waals surface area (Å²) in [6, 6.07) is 11.1. The molecule has 0 aliphatic rings. The highest BCUT2D eigenvalue weighted by Crippen LogP contribution is 2.17. The van der Waals surface area contributed by atoms with Crippen LogP contribution in [0.4, 0.5) is 0 Å². The maximum Gasteiger partial charge on any atom is 0.0240 e. The lowest BCUT2D eigenvalue weighted by molar-refractivity contribution is 0.484. The maximum atomic E-state index is 5.34. The van der Waals surface area contributed by atoms with Crippen molar-refractivity contribution in [2.75, 3.05) is 6.54 Å². The van der Waals surface area contributed by atoms with E-state index in [2.05, 4.69) is 55.4 Å². The molecule has 0 aromatic heterocycles. The Labute approximate surface area is 106 Å². The minimum absolute atomic E-state index is 0.475. The van der Waals surface area contributed by atoms with E-state index in [1.807, 2.05) is 0 Å². The lowest BCUT2D eigenvalue weighted by Crippen LogP contribution is -2.29. The Bertz CT molecular complexity index is 336. The van der Waals surface area contributed by atoms with Gasteiger partial charge in [0.05, 0.1) is 0 Å². The minimum Gasteiger partial charge on any atom is -0.313 e. The smallest absolute Gasteiger partial charge is 0.0240 e. The van der Waals surface area contributed by atoms with Gasteiger partial charge in [0.2, 0.25) is 0 Å². The summed E-state index contributed by atoms with van der Waals surface area (Å²) in [4.78, 5) is 0. The standard InChI is InChI=1S/C16H23N/c1-4-9-16(5-2)17-13-12-14(3)15-10-7-6-8-11-15/h1,6-8,10-11,14,16-17H,5,9,12-13H2,2-3H3. The second-order valence-corrected chi connectivity index (χ2v) is 4.57. The van der Waals surface area contributed by atoms with Crippen molar-refractivity contribution < 1.29 is 0 Å². The average molecular weight is 229 g/mol. The van der Waals surface area contributed by atoms with E-state index in [-0.39, 0.29) is 0 Å². The first-order valence-electron chi connectivity index (χ1n) is 6.49. The fourth-order valence-corrected chi connectivity index (χ4v) is 1.96. The lowest BCUT2D eigenvalue weighted by Gasteiger charge is -2.17. The highest BCUT2D eigenvalue weighted by molar-refractivity contribution is 5.18. The first kappa shape index (κ1) is 13.8. The van der Waals surface area contributed by atoms with Gasteiger partial charge in [-0.05, 0) is 30.9 Å². The van der Waals surface area contributed by atoms with Crippen LogP contribution in [-0.4, -0.2) is 12.6 Å². The van der Waals surface area contributed by atoms with Crippen LogP contribution in [0.1, 0.15) is 44.6 Å². The summed E-state index contributed by atoms with van der Waals surface area (Å²) in [5.41, 5.74) is 1.42. The molecular weight excluding hydrogens is 206 g/mol. The average Bonchev–Trinajstić information content (AvgIpc) is 2.38. The Balaban J connectivity index is 2.29. The second-order valence-electron chi connectivity index (χ2n) is 4.57. The molecule has 0 radical (unpaired) electrons. The van der Waals surface area contributed by atoms with Crippen molar-refractivity contribution in [1.29, 1.82) is 0 Å². The molecule has 1 aromatic rings. The van der Waals surface area contributed by atoms with Crippen LogP contribution in [0, 0.1) is 12.3 Å². The molecule has 0 spiro atoms. The van der Waals surface area contributed by atoms with E-state index in [0.29, 0.717) is 12.0 Å². The summed E-state index contributed by atoms with van der Waals surface area (Å²) in [6.45, 7) is 5.49. The van der Waals surface area contributed by atoms with Gasteiger partial charge in [-0.1, -0.05) is 44.2 Å². The van der Waals surface area contributed by atoms with Crippen LogP contribution in [0.25, 0.3) is 0 Å². The van der Waals surface area contributed by atoms with Crippen LogP contribution in [-0.2, 0) is 0 Å². The monoisotopic (exact) mass is 229 g/mol. The Hall–Kier alpha value is -1.26. The number of nitrogens with one attached hydrogen (secondary N) is 1. The number of benzene rings is 1. The number of hydrogen-bond acceptors (Lipinski definition) is 1. The van der Waals surface area contributed by atoms with Gasteiger partial charge in [0.1, 0.15) is 0 Å². The van der Waals surface area contributed by atoms with Gasteiger partial charge in [0, 0.05) is 12.5 Å². The van der Waals surface area contributed by atoms with Crippen LogP contribution >= 0.6 is 0 Å². The van der Waals surface area contributed by atoms with Crippen molar-refractivity contribution >= 4 is 0 Å². The summed E-state index contributed by atoms with van der Waals surface area (Å²) in [5.74, 6) is 3.33. The summed E-state index contributed by atoms with van der Waals surface area (Å²) in [5, 5.41) is 3.53. The van der Waals surface area contributed by atoms with Gasteiger partial charge in [-0.25, -0.2) is 0 Å². The zero-order valence-electron chi connectivity index (χ0n) is 10.9. The van der Waals surface area contributed by atoms with Crippen LogP contribution in [0.3, 0.4) is 0 Å². The van der Waals surface area contributed by atoms with Gasteiger partial charge in [-0.2, -0.15) is 0 Å². The molecule has 0 saturated carbocycles. The largest absolute Gasteiger partial charge is 0.313 e. The van der Waals surface area contributed by atoms with Gasteiger partial charge >= 0.3 is 0 Å². The van der Waals surface area contributed by atoms with Gasteiger partial charge in [-0.3, -0.25) is 0 Å². The molecule has 0 aliphatic carbocycles. The molecule has 1 heteroatoms. The van der Waals surface area contributed by atoms with Crippen molar-refractivity contribution in [2.45, 2.75) is 45.1 Å². The van der Waals surface area contributed by atoms with Crippen molar-refractivity contribution in [3.05, 3.63) is 35.9 Å². The van der Waals surface area contributed by atoms with Gasteiger partial charge < -0.3 is 5.32 Å². The summed E-state index contributed by atoms with van der Waals surface area (Å²) < 4.78 is 0. The fraction of sp³-hybridized carbons (Fsp3) is 0.500. The molecule has 1 aromatic carbocycles. The third-order valence-corrected chi connectivity index (χ3v) is 3.24. The molecule has 2 atom stereocenters. The Morgan fingerprint density at radius 1 is 1.29 bits per heavy atom. The van der Waals surface area contributed by atoms with Gasteiger partial charge in [0.25, 0.3) is 0 Å². The molecule has 1 rings (SSSR count). The zero-order valence-corrected chi connectivity index (χ0v) is 10.9. The highest BCUT2D eigenvalue weighted by atomic mass is 14.9. The van der Waals surface area contributed by atoms with Crippen molar-refractivity contribution in [2.24, 2.45) is 0 Å². The SMILES string of the molecule is C#CCC(CC)NCCC(C)c1ccccc1. The number of terminal acetylenes is 1. The molecule has 17 heavy (non-hydrogen) atoms. The van der Waals surface area contributed by atoms with Crippen LogP contribution < -0.4 is 5.32 Å². The normalized spacial score (nSPS) is 13.9. The number of rotatable bonds is 7. The first-order valence-corrected chi connectivity index (χ1v) is 6.49. The third-order valence-electron chi connectivity index (χ3n) is 3.24. The predicted octanol–water partition coefficient (Wildman–Crippen LogP) is 3.57. The molecule has 0 fully saturated rings. The molecule has 0 bridgehead atoms. The van der Waals surface area contributed by atoms with Crippen molar-refractivity contribution in [3.8, 4) is 12.3 Å². The van der Waals surface area contributed by atoms with Gasteiger partial charge in [0.15, 0.2) is 0 Å². The van der Waals surface area contributed by atoms with Crippen LogP contribution in [0.15, 0.2) is 30.3 Å². The summed E-state index contributed by atoms with van der Waals surface area (Å²) in [6.07, 6.45) is 8.43. The molecule has 2 unspecified atom stereocenters. The van der Waals surface area contributed by atoms with Crippen molar-refractivity contribution in [3.63, 3.8) is 0 Å². The topological polar surface area (TPSA) is 12.0 Å². The van der Waals surface area contributed by atoms with Crippen LogP contribution in [0.2, 0.25) is 0 Å². The number of hydrogen-bond donors (Lipinski definition) is 1. The Morgan fingerprint density at radius 2 is 2.00 bits per heavy atom.